The fraction of sp³-hybridized carbons (Fsp3) is 0.636. The molecule has 3 fully saturated rings. The minimum Gasteiger partial charge on any atom is -0.347 e. The van der Waals surface area contributed by atoms with Gasteiger partial charge in [-0.15, -0.1) is 0 Å². The Bertz CT molecular complexity index is 760. The number of para-hydroxylation sites is 1. The van der Waals surface area contributed by atoms with Crippen molar-refractivity contribution in [3.05, 3.63) is 29.3 Å². The van der Waals surface area contributed by atoms with Crippen molar-refractivity contribution < 1.29 is 19.1 Å². The molecule has 2 aliphatic heterocycles. The van der Waals surface area contributed by atoms with Crippen molar-refractivity contribution in [2.24, 2.45) is 11.8 Å². The highest BCUT2D eigenvalue weighted by Crippen LogP contribution is 2.43. The van der Waals surface area contributed by atoms with Gasteiger partial charge in [0.2, 0.25) is 11.8 Å². The number of likely N-dealkylation sites (tertiary alicyclic amines) is 1. The Kier molecular flexibility index (Phi) is 5.19. The van der Waals surface area contributed by atoms with Crippen LogP contribution in [0.5, 0.6) is 0 Å². The molecule has 1 N–H and O–H groups in total. The number of carbonyl (C=O) groups excluding carboxylic acids is 2. The summed E-state index contributed by atoms with van der Waals surface area (Å²) in [4.78, 5) is 27.5. The zero-order valence-electron chi connectivity index (χ0n) is 17.0. The molecule has 4 rings (SSSR count). The normalized spacial score (nSPS) is 25.9. The zero-order valence-corrected chi connectivity index (χ0v) is 17.0. The lowest BCUT2D eigenvalue weighted by Gasteiger charge is -2.37. The van der Waals surface area contributed by atoms with E-state index < -0.39 is 5.79 Å². The number of nitrogens with one attached hydrogen (secondary N) is 1. The van der Waals surface area contributed by atoms with Crippen LogP contribution in [0.1, 0.15) is 50.2 Å². The van der Waals surface area contributed by atoms with Crippen molar-refractivity contribution in [1.82, 2.24) is 4.90 Å². The predicted octanol–water partition coefficient (Wildman–Crippen LogP) is 3.06. The van der Waals surface area contributed by atoms with Gasteiger partial charge in [-0.2, -0.15) is 0 Å². The second-order valence-corrected chi connectivity index (χ2v) is 8.56. The van der Waals surface area contributed by atoms with Crippen molar-refractivity contribution in [2.45, 2.75) is 51.7 Å². The van der Waals surface area contributed by atoms with Crippen molar-refractivity contribution >= 4 is 17.5 Å². The van der Waals surface area contributed by atoms with Crippen molar-refractivity contribution in [3.63, 3.8) is 0 Å². The van der Waals surface area contributed by atoms with Gasteiger partial charge in [0.25, 0.3) is 0 Å². The number of rotatable bonds is 4. The van der Waals surface area contributed by atoms with Crippen molar-refractivity contribution in [3.8, 4) is 0 Å². The number of benzene rings is 1. The molecule has 1 aromatic carbocycles. The summed E-state index contributed by atoms with van der Waals surface area (Å²) in [7, 11) is 0. The number of aryl methyl sites for hydroxylation is 1. The lowest BCUT2D eigenvalue weighted by molar-refractivity contribution is -0.187. The first-order valence-corrected chi connectivity index (χ1v) is 10.4. The van der Waals surface area contributed by atoms with Gasteiger partial charge in [0, 0.05) is 31.6 Å². The summed E-state index contributed by atoms with van der Waals surface area (Å²) in [5.74, 6) is -0.498. The number of hydrogen-bond acceptors (Lipinski definition) is 4. The first-order valence-electron chi connectivity index (χ1n) is 10.4. The molecule has 2 saturated heterocycles. The smallest absolute Gasteiger partial charge is 0.228 e. The van der Waals surface area contributed by atoms with Crippen LogP contribution >= 0.6 is 0 Å². The molecule has 28 heavy (non-hydrogen) atoms. The predicted molar refractivity (Wildman–Crippen MR) is 106 cm³/mol. The highest BCUT2D eigenvalue weighted by Gasteiger charge is 2.51. The Balaban J connectivity index is 1.34. The number of ether oxygens (including phenoxy) is 2. The number of hydrogen-bond donors (Lipinski definition) is 1. The average molecular weight is 386 g/mol. The fourth-order valence-electron chi connectivity index (χ4n) is 4.40. The van der Waals surface area contributed by atoms with Crippen LogP contribution in [0.15, 0.2) is 18.2 Å². The van der Waals surface area contributed by atoms with E-state index in [-0.39, 0.29) is 23.7 Å². The van der Waals surface area contributed by atoms with Crippen LogP contribution in [0.2, 0.25) is 0 Å². The SMILES string of the molecule is Cc1cccc(C(C)C)c1NC(=O)C1CC1C(=O)N1CCC2(CC1)OCCO2. The molecule has 6 heteroatoms. The first-order chi connectivity index (χ1) is 13.4. The van der Waals surface area contributed by atoms with E-state index in [2.05, 4.69) is 25.2 Å². The standard InChI is InChI=1S/C22H30N2O4/c1-14(2)16-6-4-5-15(3)19(16)23-20(25)17-13-18(17)21(26)24-9-7-22(8-10-24)27-11-12-28-22/h4-6,14,17-18H,7-13H2,1-3H3,(H,23,25). The summed E-state index contributed by atoms with van der Waals surface area (Å²) in [6, 6.07) is 6.08. The van der Waals surface area contributed by atoms with Gasteiger partial charge < -0.3 is 19.7 Å². The number of carbonyl (C=O) groups is 2. The third-order valence-electron chi connectivity index (χ3n) is 6.27. The van der Waals surface area contributed by atoms with Gasteiger partial charge in [0.15, 0.2) is 5.79 Å². The molecule has 0 radical (unpaired) electrons. The molecule has 2 unspecified atom stereocenters. The van der Waals surface area contributed by atoms with E-state index in [1.165, 1.54) is 0 Å². The number of anilines is 1. The Morgan fingerprint density at radius 2 is 1.82 bits per heavy atom. The molecule has 2 heterocycles. The van der Waals surface area contributed by atoms with E-state index in [0.29, 0.717) is 51.5 Å². The topological polar surface area (TPSA) is 67.9 Å². The first kappa shape index (κ1) is 19.4. The van der Waals surface area contributed by atoms with Crippen LogP contribution in [-0.4, -0.2) is 48.8 Å². The van der Waals surface area contributed by atoms with Crippen LogP contribution in [0, 0.1) is 18.8 Å². The number of piperidine rings is 1. The number of nitrogens with zero attached hydrogens (tertiary/aromatic N) is 1. The van der Waals surface area contributed by atoms with Crippen LogP contribution in [0.3, 0.4) is 0 Å². The highest BCUT2D eigenvalue weighted by molar-refractivity contribution is 6.00. The summed E-state index contributed by atoms with van der Waals surface area (Å²) in [5.41, 5.74) is 3.09. The molecule has 1 aliphatic carbocycles. The maximum absolute atomic E-state index is 12.8. The third-order valence-corrected chi connectivity index (χ3v) is 6.27. The second kappa shape index (κ2) is 7.48. The molecule has 1 aromatic rings. The van der Waals surface area contributed by atoms with E-state index in [0.717, 1.165) is 16.8 Å². The van der Waals surface area contributed by atoms with Gasteiger partial charge in [-0.05, 0) is 30.4 Å². The zero-order chi connectivity index (χ0) is 19.9. The summed E-state index contributed by atoms with van der Waals surface area (Å²) >= 11 is 0. The molecule has 0 bridgehead atoms. The minimum atomic E-state index is -0.477. The largest absolute Gasteiger partial charge is 0.347 e. The van der Waals surface area contributed by atoms with Gasteiger partial charge in [-0.1, -0.05) is 32.0 Å². The van der Waals surface area contributed by atoms with Crippen molar-refractivity contribution in [1.29, 1.82) is 0 Å². The third kappa shape index (κ3) is 3.67. The van der Waals surface area contributed by atoms with Gasteiger partial charge in [0.1, 0.15) is 0 Å². The van der Waals surface area contributed by atoms with Crippen LogP contribution < -0.4 is 5.32 Å². The monoisotopic (exact) mass is 386 g/mol. The molecular weight excluding hydrogens is 356 g/mol. The molecule has 0 aromatic heterocycles. The summed E-state index contributed by atoms with van der Waals surface area (Å²) < 4.78 is 11.5. The molecule has 152 valence electrons. The Hall–Kier alpha value is -1.92. The maximum Gasteiger partial charge on any atom is 0.228 e. The minimum absolute atomic E-state index is 0.0366. The highest BCUT2D eigenvalue weighted by atomic mass is 16.7. The molecule has 1 spiro atoms. The maximum atomic E-state index is 12.8. The van der Waals surface area contributed by atoms with E-state index in [1.54, 1.807) is 0 Å². The van der Waals surface area contributed by atoms with Gasteiger partial charge in [-0.25, -0.2) is 0 Å². The molecular formula is C22H30N2O4. The molecule has 2 amide bonds. The Labute approximate surface area is 166 Å². The molecule has 6 nitrogen and oxygen atoms in total. The van der Waals surface area contributed by atoms with Crippen LogP contribution in [0.25, 0.3) is 0 Å². The summed E-state index contributed by atoms with van der Waals surface area (Å²) in [5, 5.41) is 3.10. The Morgan fingerprint density at radius 1 is 1.14 bits per heavy atom. The number of amides is 2. The quantitative estimate of drug-likeness (QED) is 0.864. The van der Waals surface area contributed by atoms with E-state index in [4.69, 9.17) is 9.47 Å². The fourth-order valence-corrected chi connectivity index (χ4v) is 4.40. The van der Waals surface area contributed by atoms with E-state index >= 15 is 0 Å². The van der Waals surface area contributed by atoms with E-state index in [9.17, 15) is 9.59 Å². The summed E-state index contributed by atoms with van der Waals surface area (Å²) in [6.07, 6.45) is 2.06. The molecule has 3 aliphatic rings. The summed E-state index contributed by atoms with van der Waals surface area (Å²) in [6.45, 7) is 8.79. The van der Waals surface area contributed by atoms with Gasteiger partial charge >= 0.3 is 0 Å². The van der Waals surface area contributed by atoms with Gasteiger partial charge in [0.05, 0.1) is 25.0 Å². The lowest BCUT2D eigenvalue weighted by atomic mass is 9.98. The van der Waals surface area contributed by atoms with Gasteiger partial charge in [-0.3, -0.25) is 9.59 Å². The second-order valence-electron chi connectivity index (χ2n) is 8.56. The molecule has 2 atom stereocenters. The lowest BCUT2D eigenvalue weighted by Crippen LogP contribution is -2.48. The molecule has 1 saturated carbocycles. The van der Waals surface area contributed by atoms with Crippen LogP contribution in [-0.2, 0) is 19.1 Å². The van der Waals surface area contributed by atoms with Crippen LogP contribution in [0.4, 0.5) is 5.69 Å². The van der Waals surface area contributed by atoms with E-state index in [1.807, 2.05) is 24.0 Å². The average Bonchev–Trinajstić information content (AvgIpc) is 3.37. The van der Waals surface area contributed by atoms with Crippen molar-refractivity contribution in [2.75, 3.05) is 31.6 Å². The Morgan fingerprint density at radius 3 is 2.46 bits per heavy atom.